The van der Waals surface area contributed by atoms with Gasteiger partial charge in [-0.15, -0.1) is 0 Å². The molecule has 32 heavy (non-hydrogen) atoms. The van der Waals surface area contributed by atoms with Crippen LogP contribution in [0.2, 0.25) is 0 Å². The predicted molar refractivity (Wildman–Crippen MR) is 126 cm³/mol. The molecule has 0 heterocycles. The summed E-state index contributed by atoms with van der Waals surface area (Å²) in [5, 5.41) is 2.74. The molecule has 0 saturated heterocycles. The number of hydrogen-bond donors (Lipinski definition) is 3. The first-order chi connectivity index (χ1) is 15.1. The van der Waals surface area contributed by atoms with Gasteiger partial charge in [0.1, 0.15) is 0 Å². The van der Waals surface area contributed by atoms with Gasteiger partial charge in [0.15, 0.2) is 0 Å². The first-order valence-corrected chi connectivity index (χ1v) is 12.8. The molecular formula is C22H23N3O5S2. The Morgan fingerprint density at radius 2 is 1.44 bits per heavy atom. The maximum atomic E-state index is 12.5. The van der Waals surface area contributed by atoms with Crippen LogP contribution in [0.4, 0.5) is 17.1 Å². The summed E-state index contributed by atoms with van der Waals surface area (Å²) in [4.78, 5) is 12.7. The van der Waals surface area contributed by atoms with Gasteiger partial charge in [-0.05, 0) is 74.0 Å². The number of carbonyl (C=O) groups excluding carboxylic acids is 1. The molecule has 0 unspecified atom stereocenters. The zero-order valence-corrected chi connectivity index (χ0v) is 19.1. The van der Waals surface area contributed by atoms with Gasteiger partial charge in [-0.3, -0.25) is 14.2 Å². The number of amides is 1. The van der Waals surface area contributed by atoms with E-state index in [1.165, 1.54) is 36.4 Å². The minimum Gasteiger partial charge on any atom is -0.322 e. The van der Waals surface area contributed by atoms with Gasteiger partial charge in [0, 0.05) is 16.9 Å². The Kier molecular flexibility index (Phi) is 6.85. The monoisotopic (exact) mass is 473 g/mol. The van der Waals surface area contributed by atoms with Gasteiger partial charge in [-0.1, -0.05) is 18.2 Å². The van der Waals surface area contributed by atoms with Crippen LogP contribution in [0.25, 0.3) is 0 Å². The van der Waals surface area contributed by atoms with Gasteiger partial charge in [0.2, 0.25) is 10.0 Å². The third-order valence-electron chi connectivity index (χ3n) is 4.58. The number of nitrogens with one attached hydrogen (secondary N) is 3. The summed E-state index contributed by atoms with van der Waals surface area (Å²) >= 11 is 0. The van der Waals surface area contributed by atoms with Crippen molar-refractivity contribution in [2.45, 2.75) is 18.7 Å². The van der Waals surface area contributed by atoms with Gasteiger partial charge in [-0.2, -0.15) is 0 Å². The molecule has 0 fully saturated rings. The maximum absolute atomic E-state index is 12.5. The molecule has 0 aromatic heterocycles. The lowest BCUT2D eigenvalue weighted by atomic mass is 10.1. The molecule has 3 aromatic rings. The lowest BCUT2D eigenvalue weighted by Crippen LogP contribution is -2.16. The summed E-state index contributed by atoms with van der Waals surface area (Å²) in [5.41, 5.74) is 2.26. The van der Waals surface area contributed by atoms with Crippen molar-refractivity contribution >= 4 is 43.0 Å². The Labute approximate surface area is 187 Å². The topological polar surface area (TPSA) is 121 Å². The van der Waals surface area contributed by atoms with Crippen LogP contribution in [-0.2, 0) is 20.0 Å². The second kappa shape index (κ2) is 9.41. The molecule has 0 aliphatic heterocycles. The maximum Gasteiger partial charge on any atom is 0.261 e. The molecule has 3 N–H and O–H groups in total. The first-order valence-electron chi connectivity index (χ1n) is 9.70. The van der Waals surface area contributed by atoms with Crippen molar-refractivity contribution < 1.29 is 21.6 Å². The quantitative estimate of drug-likeness (QED) is 0.459. The SMILES string of the molecule is CCS(=O)(=O)Nc1ccc(NC(=O)c2ccc(NS(=O)(=O)c3ccccc3)cc2)cc1C. The molecule has 0 spiro atoms. The van der Waals surface area contributed by atoms with Crippen LogP contribution in [0.3, 0.4) is 0 Å². The third kappa shape index (κ3) is 5.86. The lowest BCUT2D eigenvalue weighted by Gasteiger charge is -2.12. The van der Waals surface area contributed by atoms with Gasteiger partial charge in [0.25, 0.3) is 15.9 Å². The molecule has 3 rings (SSSR count). The molecule has 10 heteroatoms. The fourth-order valence-corrected chi connectivity index (χ4v) is 4.59. The molecule has 8 nitrogen and oxygen atoms in total. The first kappa shape index (κ1) is 23.3. The van der Waals surface area contributed by atoms with Crippen molar-refractivity contribution in [1.29, 1.82) is 0 Å². The van der Waals surface area contributed by atoms with E-state index in [1.807, 2.05) is 0 Å². The highest BCUT2D eigenvalue weighted by atomic mass is 32.2. The highest BCUT2D eigenvalue weighted by Gasteiger charge is 2.14. The average molecular weight is 474 g/mol. The normalized spacial score (nSPS) is 11.6. The molecule has 3 aromatic carbocycles. The van der Waals surface area contributed by atoms with E-state index in [0.717, 1.165) is 0 Å². The largest absolute Gasteiger partial charge is 0.322 e. The Hall–Kier alpha value is -3.37. The molecule has 0 aliphatic rings. The molecule has 0 aliphatic carbocycles. The summed E-state index contributed by atoms with van der Waals surface area (Å²) < 4.78 is 53.2. The highest BCUT2D eigenvalue weighted by molar-refractivity contribution is 7.93. The van der Waals surface area contributed by atoms with Crippen LogP contribution >= 0.6 is 0 Å². The lowest BCUT2D eigenvalue weighted by molar-refractivity contribution is 0.102. The van der Waals surface area contributed by atoms with Gasteiger partial charge < -0.3 is 5.32 Å². The van der Waals surface area contributed by atoms with Crippen LogP contribution in [0.5, 0.6) is 0 Å². The molecule has 168 valence electrons. The fourth-order valence-electron chi connectivity index (χ4n) is 2.80. The van der Waals surface area contributed by atoms with Crippen molar-refractivity contribution in [2.24, 2.45) is 0 Å². The van der Waals surface area contributed by atoms with Crippen molar-refractivity contribution in [3.05, 3.63) is 83.9 Å². The number of sulfonamides is 2. The Morgan fingerprint density at radius 1 is 0.812 bits per heavy atom. The van der Waals surface area contributed by atoms with E-state index in [1.54, 1.807) is 50.2 Å². The summed E-state index contributed by atoms with van der Waals surface area (Å²) in [5.74, 6) is -0.425. The van der Waals surface area contributed by atoms with Crippen molar-refractivity contribution in [2.75, 3.05) is 20.5 Å². The van der Waals surface area contributed by atoms with Gasteiger partial charge >= 0.3 is 0 Å². The van der Waals surface area contributed by atoms with Gasteiger partial charge in [0.05, 0.1) is 16.3 Å². The summed E-state index contributed by atoms with van der Waals surface area (Å²) in [7, 11) is -7.11. The average Bonchev–Trinajstić information content (AvgIpc) is 2.76. The standard InChI is InChI=1S/C22H23N3O5S2/c1-3-31(27,28)25-21-14-13-19(15-16(21)2)23-22(26)17-9-11-18(12-10-17)24-32(29,30)20-7-5-4-6-8-20/h4-15,24-25H,3H2,1-2H3,(H,23,26). The van der Waals surface area contributed by atoms with Gasteiger partial charge in [-0.25, -0.2) is 16.8 Å². The minimum absolute atomic E-state index is 0.0393. The van der Waals surface area contributed by atoms with E-state index in [9.17, 15) is 21.6 Å². The van der Waals surface area contributed by atoms with E-state index in [-0.39, 0.29) is 16.6 Å². The molecular weight excluding hydrogens is 450 g/mol. The van der Waals surface area contributed by atoms with E-state index < -0.39 is 20.0 Å². The number of anilines is 3. The summed E-state index contributed by atoms with van der Waals surface area (Å²) in [6, 6.07) is 18.8. The van der Waals surface area contributed by atoms with Crippen LogP contribution in [0.15, 0.2) is 77.7 Å². The number of rotatable bonds is 8. The van der Waals surface area contributed by atoms with E-state index in [0.29, 0.717) is 28.2 Å². The zero-order chi connectivity index (χ0) is 23.4. The Morgan fingerprint density at radius 3 is 2.03 bits per heavy atom. The molecule has 1 amide bonds. The predicted octanol–water partition coefficient (Wildman–Crippen LogP) is 3.81. The highest BCUT2D eigenvalue weighted by Crippen LogP contribution is 2.22. The second-order valence-electron chi connectivity index (χ2n) is 6.99. The van der Waals surface area contributed by atoms with E-state index in [4.69, 9.17) is 0 Å². The van der Waals surface area contributed by atoms with Crippen LogP contribution < -0.4 is 14.8 Å². The second-order valence-corrected chi connectivity index (χ2v) is 10.7. The Bertz CT molecular complexity index is 1320. The number of benzene rings is 3. The molecule has 0 atom stereocenters. The van der Waals surface area contributed by atoms with Crippen molar-refractivity contribution in [1.82, 2.24) is 0 Å². The fraction of sp³-hybridized carbons (Fsp3) is 0.136. The van der Waals surface area contributed by atoms with Crippen LogP contribution in [0, 0.1) is 6.92 Å². The van der Waals surface area contributed by atoms with E-state index >= 15 is 0 Å². The number of aryl methyl sites for hydroxylation is 1. The summed E-state index contributed by atoms with van der Waals surface area (Å²) in [6.45, 7) is 3.28. The van der Waals surface area contributed by atoms with Crippen molar-refractivity contribution in [3.63, 3.8) is 0 Å². The number of hydrogen-bond acceptors (Lipinski definition) is 5. The number of carbonyl (C=O) groups is 1. The molecule has 0 saturated carbocycles. The minimum atomic E-state index is -3.72. The molecule has 0 radical (unpaired) electrons. The van der Waals surface area contributed by atoms with E-state index in [2.05, 4.69) is 14.8 Å². The zero-order valence-electron chi connectivity index (χ0n) is 17.5. The third-order valence-corrected chi connectivity index (χ3v) is 7.27. The molecule has 0 bridgehead atoms. The van der Waals surface area contributed by atoms with Crippen molar-refractivity contribution in [3.8, 4) is 0 Å². The Balaban J connectivity index is 1.68. The van der Waals surface area contributed by atoms with Crippen LogP contribution in [-0.4, -0.2) is 28.5 Å². The summed E-state index contributed by atoms with van der Waals surface area (Å²) in [6.07, 6.45) is 0. The van der Waals surface area contributed by atoms with Crippen LogP contribution in [0.1, 0.15) is 22.8 Å². The smallest absolute Gasteiger partial charge is 0.261 e.